The number of likely N-dealkylation sites (tertiary alicyclic amines) is 1. The Kier molecular flexibility index (Phi) is 5.74. The molecule has 2 N–H and O–H groups in total. The van der Waals surface area contributed by atoms with E-state index >= 15 is 0 Å². The Labute approximate surface area is 189 Å². The molecule has 0 saturated carbocycles. The van der Waals surface area contributed by atoms with E-state index in [4.69, 9.17) is 0 Å². The third kappa shape index (κ3) is 4.68. The minimum absolute atomic E-state index is 0.0399. The van der Waals surface area contributed by atoms with Crippen molar-refractivity contribution in [3.63, 3.8) is 0 Å². The number of hydrogen-bond acceptors (Lipinski definition) is 4. The Hall–Kier alpha value is -3.07. The molecule has 1 aromatic heterocycles. The standard InChI is InChI=1S/C24H26F3N5O/c25-24(26,27)17-13-16(22(33)30-23-28-20-5-1-2-6-21(20)29-23)14-19(15-17)32-11-7-18(8-12-32)31-9-3-4-10-31/h1-2,5-6,13-15,18H,3-4,7-12H2,(H2,28,29,30,33). The zero-order valence-electron chi connectivity index (χ0n) is 18.2. The van der Waals surface area contributed by atoms with Crippen molar-refractivity contribution in [3.8, 4) is 0 Å². The Morgan fingerprint density at radius 2 is 1.76 bits per heavy atom. The maximum Gasteiger partial charge on any atom is 0.416 e. The Morgan fingerprint density at radius 1 is 1.03 bits per heavy atom. The van der Waals surface area contributed by atoms with E-state index in [0.717, 1.165) is 43.6 Å². The van der Waals surface area contributed by atoms with Crippen molar-refractivity contribution >= 4 is 28.6 Å². The van der Waals surface area contributed by atoms with Crippen molar-refractivity contribution < 1.29 is 18.0 Å². The number of carbonyl (C=O) groups excluding carboxylic acids is 1. The summed E-state index contributed by atoms with van der Waals surface area (Å²) in [6, 6.07) is 11.3. The molecule has 6 nitrogen and oxygen atoms in total. The molecular formula is C24H26F3N5O. The fourth-order valence-corrected chi connectivity index (χ4v) is 4.88. The molecule has 0 bridgehead atoms. The highest BCUT2D eigenvalue weighted by Crippen LogP contribution is 2.34. The van der Waals surface area contributed by atoms with Crippen LogP contribution in [0.5, 0.6) is 0 Å². The highest BCUT2D eigenvalue weighted by Gasteiger charge is 2.33. The van der Waals surface area contributed by atoms with E-state index in [1.165, 1.54) is 12.8 Å². The van der Waals surface area contributed by atoms with Crippen LogP contribution >= 0.6 is 0 Å². The number of amides is 1. The van der Waals surface area contributed by atoms with Crippen molar-refractivity contribution in [2.75, 3.05) is 36.4 Å². The molecule has 0 radical (unpaired) electrons. The van der Waals surface area contributed by atoms with E-state index in [2.05, 4.69) is 20.2 Å². The van der Waals surface area contributed by atoms with Crippen molar-refractivity contribution in [2.24, 2.45) is 0 Å². The second-order valence-corrected chi connectivity index (χ2v) is 8.78. The van der Waals surface area contributed by atoms with Crippen LogP contribution in [0.3, 0.4) is 0 Å². The number of piperidine rings is 1. The summed E-state index contributed by atoms with van der Waals surface area (Å²) in [5.41, 5.74) is 0.967. The lowest BCUT2D eigenvalue weighted by Gasteiger charge is -2.38. The van der Waals surface area contributed by atoms with Crippen molar-refractivity contribution in [1.82, 2.24) is 14.9 Å². The molecule has 33 heavy (non-hydrogen) atoms. The fraction of sp³-hybridized carbons (Fsp3) is 0.417. The van der Waals surface area contributed by atoms with Gasteiger partial charge in [-0.25, -0.2) is 4.98 Å². The van der Waals surface area contributed by atoms with Crippen LogP contribution in [0.4, 0.5) is 24.8 Å². The van der Waals surface area contributed by atoms with E-state index in [0.29, 0.717) is 30.3 Å². The van der Waals surface area contributed by atoms with Gasteiger partial charge >= 0.3 is 6.18 Å². The summed E-state index contributed by atoms with van der Waals surface area (Å²) >= 11 is 0. The summed E-state index contributed by atoms with van der Waals surface area (Å²) in [5.74, 6) is -0.431. The molecule has 2 aliphatic rings. The molecule has 2 fully saturated rings. The zero-order chi connectivity index (χ0) is 23.0. The van der Waals surface area contributed by atoms with Crippen molar-refractivity contribution in [1.29, 1.82) is 0 Å². The van der Waals surface area contributed by atoms with E-state index < -0.39 is 17.6 Å². The van der Waals surface area contributed by atoms with Crippen LogP contribution in [0.2, 0.25) is 0 Å². The number of halogens is 3. The Balaban J connectivity index is 1.37. The van der Waals surface area contributed by atoms with Gasteiger partial charge in [-0.2, -0.15) is 13.2 Å². The van der Waals surface area contributed by atoms with Crippen LogP contribution in [-0.4, -0.2) is 53.0 Å². The number of carbonyl (C=O) groups is 1. The van der Waals surface area contributed by atoms with Crippen molar-refractivity contribution in [3.05, 3.63) is 53.6 Å². The van der Waals surface area contributed by atoms with Gasteiger partial charge in [0.15, 0.2) is 0 Å². The number of rotatable bonds is 4. The lowest BCUT2D eigenvalue weighted by molar-refractivity contribution is -0.137. The summed E-state index contributed by atoms with van der Waals surface area (Å²) in [6.07, 6.45) is -0.277. The number of alkyl halides is 3. The molecular weight excluding hydrogens is 431 g/mol. The smallest absolute Gasteiger partial charge is 0.371 e. The predicted molar refractivity (Wildman–Crippen MR) is 122 cm³/mol. The third-order valence-electron chi connectivity index (χ3n) is 6.62. The van der Waals surface area contributed by atoms with Gasteiger partial charge in [-0.1, -0.05) is 12.1 Å². The van der Waals surface area contributed by atoms with Gasteiger partial charge in [0.25, 0.3) is 5.91 Å². The monoisotopic (exact) mass is 457 g/mol. The first-order chi connectivity index (χ1) is 15.9. The lowest BCUT2D eigenvalue weighted by Crippen LogP contribution is -2.44. The topological polar surface area (TPSA) is 64.3 Å². The fourth-order valence-electron chi connectivity index (χ4n) is 4.88. The van der Waals surface area contributed by atoms with Gasteiger partial charge in [0.05, 0.1) is 16.6 Å². The molecule has 0 unspecified atom stereocenters. The molecule has 0 spiro atoms. The van der Waals surface area contributed by atoms with Crippen LogP contribution in [0.15, 0.2) is 42.5 Å². The van der Waals surface area contributed by atoms with Gasteiger partial charge in [0.2, 0.25) is 5.95 Å². The summed E-state index contributed by atoms with van der Waals surface area (Å²) in [4.78, 5) is 24.6. The first-order valence-corrected chi connectivity index (χ1v) is 11.3. The molecule has 3 heterocycles. The number of anilines is 2. The lowest BCUT2D eigenvalue weighted by atomic mass is 10.0. The van der Waals surface area contributed by atoms with Crippen LogP contribution in [-0.2, 0) is 6.18 Å². The second kappa shape index (κ2) is 8.70. The van der Waals surface area contributed by atoms with Crippen LogP contribution < -0.4 is 10.2 Å². The van der Waals surface area contributed by atoms with Crippen LogP contribution in [0.25, 0.3) is 11.0 Å². The zero-order valence-corrected chi connectivity index (χ0v) is 18.2. The highest BCUT2D eigenvalue weighted by molar-refractivity contribution is 6.04. The molecule has 2 aromatic carbocycles. The number of imidazole rings is 1. The average molecular weight is 458 g/mol. The number of benzene rings is 2. The van der Waals surface area contributed by atoms with Gasteiger partial charge in [-0.3, -0.25) is 10.1 Å². The van der Waals surface area contributed by atoms with Crippen molar-refractivity contribution in [2.45, 2.75) is 37.9 Å². The average Bonchev–Trinajstić information content (AvgIpc) is 3.48. The normalized spacial score (nSPS) is 18.2. The number of para-hydroxylation sites is 2. The van der Waals surface area contributed by atoms with Gasteiger partial charge in [-0.15, -0.1) is 0 Å². The van der Waals surface area contributed by atoms with Gasteiger partial charge in [0, 0.05) is 30.4 Å². The maximum atomic E-state index is 13.6. The van der Waals surface area contributed by atoms with Crippen LogP contribution in [0, 0.1) is 0 Å². The summed E-state index contributed by atoms with van der Waals surface area (Å²) in [7, 11) is 0. The predicted octanol–water partition coefficient (Wildman–Crippen LogP) is 4.90. The summed E-state index contributed by atoms with van der Waals surface area (Å²) in [6.45, 7) is 3.57. The van der Waals surface area contributed by atoms with Crippen LogP contribution in [0.1, 0.15) is 41.6 Å². The van der Waals surface area contributed by atoms with Gasteiger partial charge in [-0.05, 0) is 69.1 Å². The molecule has 5 rings (SSSR count). The molecule has 3 aromatic rings. The third-order valence-corrected chi connectivity index (χ3v) is 6.62. The van der Waals surface area contributed by atoms with E-state index in [1.54, 1.807) is 12.1 Å². The molecule has 1 amide bonds. The number of aromatic nitrogens is 2. The highest BCUT2D eigenvalue weighted by atomic mass is 19.4. The number of nitrogens with zero attached hydrogens (tertiary/aromatic N) is 3. The quantitative estimate of drug-likeness (QED) is 0.585. The first kappa shape index (κ1) is 21.8. The Morgan fingerprint density at radius 3 is 2.45 bits per heavy atom. The summed E-state index contributed by atoms with van der Waals surface area (Å²) in [5, 5.41) is 2.60. The van der Waals surface area contributed by atoms with E-state index in [1.807, 2.05) is 23.1 Å². The Bertz CT molecular complexity index is 1110. The molecule has 0 aliphatic carbocycles. The number of aromatic amines is 1. The second-order valence-electron chi connectivity index (χ2n) is 8.78. The molecule has 0 atom stereocenters. The molecule has 174 valence electrons. The maximum absolute atomic E-state index is 13.6. The largest absolute Gasteiger partial charge is 0.416 e. The number of hydrogen-bond donors (Lipinski definition) is 2. The molecule has 2 aliphatic heterocycles. The number of fused-ring (bicyclic) bond motifs is 1. The van der Waals surface area contributed by atoms with E-state index in [-0.39, 0.29) is 11.5 Å². The minimum Gasteiger partial charge on any atom is -0.371 e. The molecule has 2 saturated heterocycles. The van der Waals surface area contributed by atoms with E-state index in [9.17, 15) is 18.0 Å². The van der Waals surface area contributed by atoms with Gasteiger partial charge in [0.1, 0.15) is 0 Å². The number of nitrogens with one attached hydrogen (secondary N) is 2. The minimum atomic E-state index is -4.54. The first-order valence-electron chi connectivity index (χ1n) is 11.3. The molecule has 9 heteroatoms. The number of H-pyrrole nitrogens is 1. The summed E-state index contributed by atoms with van der Waals surface area (Å²) < 4.78 is 40.9. The van der Waals surface area contributed by atoms with Gasteiger partial charge < -0.3 is 14.8 Å². The SMILES string of the molecule is O=C(Nc1nc2ccccc2[nH]1)c1cc(N2CCC(N3CCCC3)CC2)cc(C(F)(F)F)c1.